The van der Waals surface area contributed by atoms with Gasteiger partial charge >= 0.3 is 6.36 Å². The Bertz CT molecular complexity index is 1200. The predicted molar refractivity (Wildman–Crippen MR) is 120 cm³/mol. The van der Waals surface area contributed by atoms with Gasteiger partial charge in [-0.3, -0.25) is 9.69 Å². The van der Waals surface area contributed by atoms with Crippen molar-refractivity contribution < 1.29 is 31.6 Å². The van der Waals surface area contributed by atoms with Crippen LogP contribution in [-0.4, -0.2) is 46.4 Å². The molecule has 0 atom stereocenters. The van der Waals surface area contributed by atoms with E-state index in [0.717, 1.165) is 30.5 Å². The summed E-state index contributed by atoms with van der Waals surface area (Å²) in [5.74, 6) is 0.141. The molecule has 2 aromatic carbocycles. The number of amides is 1. The van der Waals surface area contributed by atoms with Crippen LogP contribution in [0.1, 0.15) is 53.3 Å². The fraction of sp³-hybridized carbons (Fsp3) is 0.400. The Labute approximate surface area is 204 Å². The van der Waals surface area contributed by atoms with Crippen LogP contribution < -0.4 is 10.1 Å². The van der Waals surface area contributed by atoms with E-state index in [1.165, 1.54) is 24.3 Å². The summed E-state index contributed by atoms with van der Waals surface area (Å²) >= 11 is 0. The van der Waals surface area contributed by atoms with Gasteiger partial charge in [-0.2, -0.15) is 4.98 Å². The Balaban J connectivity index is 1.11. The maximum atomic E-state index is 13.3. The van der Waals surface area contributed by atoms with Crippen molar-refractivity contribution in [1.82, 2.24) is 20.4 Å². The first kappa shape index (κ1) is 24.2. The van der Waals surface area contributed by atoms with Crippen LogP contribution in [0.25, 0.3) is 0 Å². The number of hydrogen-bond donors (Lipinski definition) is 1. The van der Waals surface area contributed by atoms with Crippen LogP contribution in [0.2, 0.25) is 0 Å². The molecule has 0 bridgehead atoms. The van der Waals surface area contributed by atoms with E-state index in [0.29, 0.717) is 44.2 Å². The Kier molecular flexibility index (Phi) is 6.42. The standard InChI is InChI=1S/C25H24F4N4O3/c26-18-5-3-17(4-6-18)24(11-12-24)23-31-21(36-32-23)15-33-13-9-19(10-14-33)30-22(34)16-1-7-20(8-2-16)35-25(27,28)29/h1-8,19H,9-15H2,(H,30,34). The highest BCUT2D eigenvalue weighted by Crippen LogP contribution is 2.52. The Morgan fingerprint density at radius 1 is 1.08 bits per heavy atom. The van der Waals surface area contributed by atoms with Crippen molar-refractivity contribution in [2.45, 2.75) is 50.0 Å². The van der Waals surface area contributed by atoms with Gasteiger partial charge < -0.3 is 14.6 Å². The lowest BCUT2D eigenvalue weighted by atomic mass is 9.95. The second-order valence-electron chi connectivity index (χ2n) is 9.20. The highest BCUT2D eigenvalue weighted by atomic mass is 19.4. The number of rotatable bonds is 7. The number of carbonyl (C=O) groups is 1. The molecule has 2 aliphatic rings. The van der Waals surface area contributed by atoms with Crippen LogP contribution in [-0.2, 0) is 12.0 Å². The number of halogens is 4. The molecule has 190 valence electrons. The molecule has 1 N–H and O–H groups in total. The number of benzene rings is 2. The summed E-state index contributed by atoms with van der Waals surface area (Å²) < 4.78 is 59.5. The third-order valence-electron chi connectivity index (χ3n) is 6.67. The lowest BCUT2D eigenvalue weighted by molar-refractivity contribution is -0.274. The molecule has 0 radical (unpaired) electrons. The largest absolute Gasteiger partial charge is 0.573 e. The summed E-state index contributed by atoms with van der Waals surface area (Å²) in [6.07, 6.45) is -1.58. The molecular formula is C25H24F4N4O3. The van der Waals surface area contributed by atoms with E-state index in [-0.39, 0.29) is 34.5 Å². The molecule has 5 rings (SSSR count). The molecule has 3 aromatic rings. The molecule has 1 aliphatic carbocycles. The second kappa shape index (κ2) is 9.53. The minimum absolute atomic E-state index is 0.0497. The van der Waals surface area contributed by atoms with Crippen molar-refractivity contribution in [3.8, 4) is 5.75 Å². The van der Waals surface area contributed by atoms with Crippen LogP contribution in [0.4, 0.5) is 17.6 Å². The molecule has 1 aromatic heterocycles. The number of likely N-dealkylation sites (tertiary alicyclic amines) is 1. The van der Waals surface area contributed by atoms with Gasteiger partial charge in [0.25, 0.3) is 5.91 Å². The summed E-state index contributed by atoms with van der Waals surface area (Å²) in [6.45, 7) is 1.92. The number of piperidine rings is 1. The van der Waals surface area contributed by atoms with Crippen LogP contribution in [0, 0.1) is 5.82 Å². The maximum Gasteiger partial charge on any atom is 0.573 e. The SMILES string of the molecule is O=C(NC1CCN(Cc2nc(C3(c4ccc(F)cc4)CC3)no2)CC1)c1ccc(OC(F)(F)F)cc1. The molecule has 1 amide bonds. The number of aromatic nitrogens is 2. The van der Waals surface area contributed by atoms with Crippen LogP contribution >= 0.6 is 0 Å². The van der Waals surface area contributed by atoms with Gasteiger partial charge in [-0.05, 0) is 67.6 Å². The molecule has 1 aliphatic heterocycles. The summed E-state index contributed by atoms with van der Waals surface area (Å²) in [5, 5.41) is 7.13. The molecule has 36 heavy (non-hydrogen) atoms. The zero-order valence-electron chi connectivity index (χ0n) is 19.2. The average molecular weight is 504 g/mol. The first-order valence-corrected chi connectivity index (χ1v) is 11.7. The summed E-state index contributed by atoms with van der Waals surface area (Å²) in [4.78, 5) is 19.3. The van der Waals surface area contributed by atoms with E-state index in [2.05, 4.69) is 25.1 Å². The van der Waals surface area contributed by atoms with Crippen molar-refractivity contribution in [3.05, 3.63) is 77.2 Å². The molecule has 1 saturated heterocycles. The molecule has 2 heterocycles. The summed E-state index contributed by atoms with van der Waals surface area (Å²) in [7, 11) is 0. The Hall–Kier alpha value is -3.47. The van der Waals surface area contributed by atoms with E-state index >= 15 is 0 Å². The lowest BCUT2D eigenvalue weighted by Crippen LogP contribution is -2.44. The molecule has 0 unspecified atom stereocenters. The van der Waals surface area contributed by atoms with E-state index in [1.54, 1.807) is 12.1 Å². The normalized spacial score (nSPS) is 18.1. The van der Waals surface area contributed by atoms with Gasteiger partial charge in [0.1, 0.15) is 11.6 Å². The molecule has 1 saturated carbocycles. The number of hydrogen-bond acceptors (Lipinski definition) is 6. The smallest absolute Gasteiger partial charge is 0.406 e. The Morgan fingerprint density at radius 3 is 2.36 bits per heavy atom. The molecule has 11 heteroatoms. The monoisotopic (exact) mass is 504 g/mol. The summed E-state index contributed by atoms with van der Waals surface area (Å²) in [6, 6.07) is 11.2. The highest BCUT2D eigenvalue weighted by Gasteiger charge is 2.50. The number of nitrogens with one attached hydrogen (secondary N) is 1. The highest BCUT2D eigenvalue weighted by molar-refractivity contribution is 5.94. The fourth-order valence-electron chi connectivity index (χ4n) is 4.55. The van der Waals surface area contributed by atoms with Gasteiger partial charge in [0.15, 0.2) is 5.82 Å². The molecule has 2 fully saturated rings. The predicted octanol–water partition coefficient (Wildman–Crippen LogP) is 4.58. The number of alkyl halides is 3. The van der Waals surface area contributed by atoms with Crippen LogP contribution in [0.3, 0.4) is 0 Å². The second-order valence-corrected chi connectivity index (χ2v) is 9.20. The van der Waals surface area contributed by atoms with Gasteiger partial charge in [0, 0.05) is 24.7 Å². The average Bonchev–Trinajstić information content (AvgIpc) is 3.52. The Morgan fingerprint density at radius 2 is 1.75 bits per heavy atom. The van der Waals surface area contributed by atoms with Gasteiger partial charge in [-0.15, -0.1) is 13.2 Å². The topological polar surface area (TPSA) is 80.5 Å². The zero-order chi connectivity index (χ0) is 25.3. The number of ether oxygens (including phenoxy) is 1. The van der Waals surface area contributed by atoms with Crippen molar-refractivity contribution >= 4 is 5.91 Å². The minimum atomic E-state index is -4.78. The molecule has 0 spiro atoms. The first-order chi connectivity index (χ1) is 17.2. The third kappa shape index (κ3) is 5.51. The molecule has 7 nitrogen and oxygen atoms in total. The van der Waals surface area contributed by atoms with Crippen molar-refractivity contribution in [2.75, 3.05) is 13.1 Å². The number of carbonyl (C=O) groups excluding carboxylic acids is 1. The van der Waals surface area contributed by atoms with Crippen molar-refractivity contribution in [2.24, 2.45) is 0 Å². The van der Waals surface area contributed by atoms with E-state index in [9.17, 15) is 22.4 Å². The first-order valence-electron chi connectivity index (χ1n) is 11.7. The van der Waals surface area contributed by atoms with E-state index in [1.807, 2.05) is 0 Å². The van der Waals surface area contributed by atoms with E-state index in [4.69, 9.17) is 4.52 Å². The van der Waals surface area contributed by atoms with Crippen molar-refractivity contribution in [1.29, 1.82) is 0 Å². The van der Waals surface area contributed by atoms with Crippen molar-refractivity contribution in [3.63, 3.8) is 0 Å². The van der Waals surface area contributed by atoms with Gasteiger partial charge in [0.05, 0.1) is 12.0 Å². The van der Waals surface area contributed by atoms with Gasteiger partial charge in [-0.25, -0.2) is 4.39 Å². The lowest BCUT2D eigenvalue weighted by Gasteiger charge is -2.31. The van der Waals surface area contributed by atoms with Gasteiger partial charge in [0.2, 0.25) is 5.89 Å². The summed E-state index contributed by atoms with van der Waals surface area (Å²) in [5.41, 5.74) is 0.944. The maximum absolute atomic E-state index is 13.3. The quantitative estimate of drug-likeness (QED) is 0.475. The third-order valence-corrected chi connectivity index (χ3v) is 6.67. The number of nitrogens with zero attached hydrogens (tertiary/aromatic N) is 3. The van der Waals surface area contributed by atoms with E-state index < -0.39 is 6.36 Å². The minimum Gasteiger partial charge on any atom is -0.406 e. The fourth-order valence-corrected chi connectivity index (χ4v) is 4.55. The van der Waals surface area contributed by atoms with Gasteiger partial charge in [-0.1, -0.05) is 17.3 Å². The van der Waals surface area contributed by atoms with Crippen LogP contribution in [0.15, 0.2) is 53.1 Å². The molecular weight excluding hydrogens is 480 g/mol. The van der Waals surface area contributed by atoms with Crippen LogP contribution in [0.5, 0.6) is 5.75 Å². The zero-order valence-corrected chi connectivity index (χ0v) is 19.2.